The topological polar surface area (TPSA) is 21.3 Å². The second-order valence-corrected chi connectivity index (χ2v) is 8.26. The molecular formula is C19H26BrF2NO. The second-order valence-electron chi connectivity index (χ2n) is 7.41. The quantitative estimate of drug-likeness (QED) is 0.598. The average Bonchev–Trinajstić information content (AvgIpc) is 3.29. The van der Waals surface area contributed by atoms with Crippen molar-refractivity contribution in [3.05, 3.63) is 28.2 Å². The van der Waals surface area contributed by atoms with Gasteiger partial charge < -0.3 is 10.1 Å². The molecule has 2 aliphatic carbocycles. The summed E-state index contributed by atoms with van der Waals surface area (Å²) in [5, 5.41) is 3.45. The third-order valence-corrected chi connectivity index (χ3v) is 5.84. The molecule has 0 bridgehead atoms. The largest absolute Gasteiger partial charge is 0.486 e. The van der Waals surface area contributed by atoms with E-state index in [4.69, 9.17) is 4.74 Å². The fourth-order valence-corrected chi connectivity index (χ4v) is 3.75. The normalized spacial score (nSPS) is 22.3. The fraction of sp³-hybridized carbons (Fsp3) is 0.684. The molecule has 24 heavy (non-hydrogen) atoms. The SMILES string of the molecule is Cc1ccc(Br)c(OC2(CCCNC3CCC(F)(F)CC3)CC2)c1. The summed E-state index contributed by atoms with van der Waals surface area (Å²) in [6, 6.07) is 6.42. The first-order valence-electron chi connectivity index (χ1n) is 8.94. The molecule has 1 N–H and O–H groups in total. The summed E-state index contributed by atoms with van der Waals surface area (Å²) in [6.45, 7) is 2.95. The molecule has 2 saturated carbocycles. The number of hydrogen-bond donors (Lipinski definition) is 1. The molecule has 0 saturated heterocycles. The van der Waals surface area contributed by atoms with Crippen molar-refractivity contribution in [1.29, 1.82) is 0 Å². The first-order valence-corrected chi connectivity index (χ1v) is 9.73. The van der Waals surface area contributed by atoms with Gasteiger partial charge in [-0.3, -0.25) is 0 Å². The highest BCUT2D eigenvalue weighted by atomic mass is 79.9. The van der Waals surface area contributed by atoms with Gasteiger partial charge in [0.2, 0.25) is 5.92 Å². The number of alkyl halides is 2. The summed E-state index contributed by atoms with van der Waals surface area (Å²) in [4.78, 5) is 0. The van der Waals surface area contributed by atoms with Gasteiger partial charge in [-0.25, -0.2) is 8.78 Å². The standard InChI is InChI=1S/C19H26BrF2NO/c1-14-3-4-16(20)17(13-14)24-18(10-11-18)7-2-12-23-15-5-8-19(21,22)9-6-15/h3-4,13,15,23H,2,5-12H2,1H3. The molecule has 2 aliphatic rings. The van der Waals surface area contributed by atoms with E-state index in [-0.39, 0.29) is 24.5 Å². The summed E-state index contributed by atoms with van der Waals surface area (Å²) in [6.07, 6.45) is 5.47. The molecule has 0 spiro atoms. The van der Waals surface area contributed by atoms with Crippen LogP contribution in [-0.2, 0) is 0 Å². The van der Waals surface area contributed by atoms with Crippen LogP contribution in [0.4, 0.5) is 8.78 Å². The maximum Gasteiger partial charge on any atom is 0.248 e. The molecule has 0 heterocycles. The van der Waals surface area contributed by atoms with Crippen molar-refractivity contribution in [1.82, 2.24) is 5.32 Å². The van der Waals surface area contributed by atoms with Crippen molar-refractivity contribution in [3.8, 4) is 5.75 Å². The van der Waals surface area contributed by atoms with Crippen LogP contribution in [0.2, 0.25) is 0 Å². The minimum atomic E-state index is -2.44. The number of halogens is 3. The molecule has 0 aromatic heterocycles. The van der Waals surface area contributed by atoms with Crippen molar-refractivity contribution >= 4 is 15.9 Å². The number of aryl methyl sites for hydroxylation is 1. The Morgan fingerprint density at radius 1 is 1.21 bits per heavy atom. The van der Waals surface area contributed by atoms with Crippen molar-refractivity contribution in [3.63, 3.8) is 0 Å². The number of rotatable bonds is 7. The van der Waals surface area contributed by atoms with Crippen molar-refractivity contribution in [2.75, 3.05) is 6.54 Å². The summed E-state index contributed by atoms with van der Waals surface area (Å²) in [7, 11) is 0. The lowest BCUT2D eigenvalue weighted by molar-refractivity contribution is -0.0404. The molecule has 2 fully saturated rings. The van der Waals surface area contributed by atoms with Crippen LogP contribution in [0.25, 0.3) is 0 Å². The predicted octanol–water partition coefficient (Wildman–Crippen LogP) is 5.62. The first-order chi connectivity index (χ1) is 11.4. The van der Waals surface area contributed by atoms with Crippen LogP contribution >= 0.6 is 15.9 Å². The Hall–Kier alpha value is -0.680. The van der Waals surface area contributed by atoms with E-state index in [0.717, 1.165) is 42.5 Å². The van der Waals surface area contributed by atoms with E-state index in [9.17, 15) is 8.78 Å². The monoisotopic (exact) mass is 401 g/mol. The molecule has 0 aliphatic heterocycles. The molecule has 2 nitrogen and oxygen atoms in total. The van der Waals surface area contributed by atoms with Gasteiger partial charge in [-0.1, -0.05) is 6.07 Å². The number of hydrogen-bond acceptors (Lipinski definition) is 2. The average molecular weight is 402 g/mol. The predicted molar refractivity (Wildman–Crippen MR) is 95.9 cm³/mol. The third kappa shape index (κ3) is 4.92. The van der Waals surface area contributed by atoms with Gasteiger partial charge in [-0.05, 0) is 85.6 Å². The van der Waals surface area contributed by atoms with Crippen LogP contribution in [0.15, 0.2) is 22.7 Å². The van der Waals surface area contributed by atoms with Crippen LogP contribution < -0.4 is 10.1 Å². The van der Waals surface area contributed by atoms with Crippen molar-refractivity contribution in [2.45, 2.75) is 75.9 Å². The highest BCUT2D eigenvalue weighted by molar-refractivity contribution is 9.10. The highest BCUT2D eigenvalue weighted by Crippen LogP contribution is 2.45. The molecule has 1 aromatic carbocycles. The van der Waals surface area contributed by atoms with Gasteiger partial charge in [-0.15, -0.1) is 0 Å². The molecule has 0 amide bonds. The van der Waals surface area contributed by atoms with E-state index >= 15 is 0 Å². The van der Waals surface area contributed by atoms with Gasteiger partial charge >= 0.3 is 0 Å². The minimum Gasteiger partial charge on any atom is -0.486 e. The molecule has 5 heteroatoms. The van der Waals surface area contributed by atoms with Crippen LogP contribution in [0.3, 0.4) is 0 Å². The van der Waals surface area contributed by atoms with Crippen molar-refractivity contribution in [2.24, 2.45) is 0 Å². The Morgan fingerprint density at radius 2 is 1.92 bits per heavy atom. The van der Waals surface area contributed by atoms with Gasteiger partial charge in [0.05, 0.1) is 4.47 Å². The number of nitrogens with one attached hydrogen (secondary N) is 1. The second kappa shape index (κ2) is 7.28. The number of ether oxygens (including phenoxy) is 1. The van der Waals surface area contributed by atoms with Crippen LogP contribution in [-0.4, -0.2) is 24.1 Å². The van der Waals surface area contributed by atoms with Gasteiger partial charge in [0, 0.05) is 18.9 Å². The summed E-state index contributed by atoms with van der Waals surface area (Å²) < 4.78 is 33.6. The Labute approximate surface area is 151 Å². The lowest BCUT2D eigenvalue weighted by Gasteiger charge is -2.29. The summed E-state index contributed by atoms with van der Waals surface area (Å²) >= 11 is 3.56. The van der Waals surface area contributed by atoms with Crippen molar-refractivity contribution < 1.29 is 13.5 Å². The van der Waals surface area contributed by atoms with E-state index < -0.39 is 5.92 Å². The zero-order chi connectivity index (χ0) is 17.2. The molecule has 3 rings (SSSR count). The van der Waals surface area contributed by atoms with Crippen LogP contribution in [0, 0.1) is 6.92 Å². The van der Waals surface area contributed by atoms with Gasteiger partial charge in [-0.2, -0.15) is 0 Å². The zero-order valence-corrected chi connectivity index (χ0v) is 15.8. The fourth-order valence-electron chi connectivity index (χ4n) is 3.43. The number of benzene rings is 1. The maximum atomic E-state index is 13.2. The molecule has 1 aromatic rings. The Bertz CT molecular complexity index is 564. The van der Waals surface area contributed by atoms with Gasteiger partial charge in [0.15, 0.2) is 0 Å². The van der Waals surface area contributed by atoms with E-state index in [2.05, 4.69) is 40.3 Å². The van der Waals surface area contributed by atoms with E-state index in [1.54, 1.807) is 0 Å². The molecule has 0 radical (unpaired) electrons. The Balaban J connectivity index is 1.40. The Kier molecular flexibility index (Phi) is 5.50. The first kappa shape index (κ1) is 18.1. The molecule has 0 atom stereocenters. The van der Waals surface area contributed by atoms with Gasteiger partial charge in [0.1, 0.15) is 11.4 Å². The summed E-state index contributed by atoms with van der Waals surface area (Å²) in [5.41, 5.74) is 1.18. The van der Waals surface area contributed by atoms with E-state index in [1.807, 2.05) is 6.07 Å². The maximum absolute atomic E-state index is 13.2. The van der Waals surface area contributed by atoms with Gasteiger partial charge in [0.25, 0.3) is 0 Å². The lowest BCUT2D eigenvalue weighted by atomic mass is 9.92. The highest BCUT2D eigenvalue weighted by Gasteiger charge is 2.45. The van der Waals surface area contributed by atoms with E-state index in [1.165, 1.54) is 5.56 Å². The Morgan fingerprint density at radius 3 is 2.58 bits per heavy atom. The van der Waals surface area contributed by atoms with Crippen LogP contribution in [0.5, 0.6) is 5.75 Å². The van der Waals surface area contributed by atoms with Crippen LogP contribution in [0.1, 0.15) is 56.9 Å². The zero-order valence-electron chi connectivity index (χ0n) is 14.2. The molecule has 134 valence electrons. The smallest absolute Gasteiger partial charge is 0.248 e. The lowest BCUT2D eigenvalue weighted by Crippen LogP contribution is -2.37. The molecular weight excluding hydrogens is 376 g/mol. The third-order valence-electron chi connectivity index (χ3n) is 5.18. The van der Waals surface area contributed by atoms with E-state index in [0.29, 0.717) is 12.8 Å². The minimum absolute atomic E-state index is 0.0163. The molecule has 0 unspecified atom stereocenters. The summed E-state index contributed by atoms with van der Waals surface area (Å²) in [5.74, 6) is -1.51.